The van der Waals surface area contributed by atoms with Crippen molar-refractivity contribution in [1.82, 2.24) is 0 Å². The predicted molar refractivity (Wildman–Crippen MR) is 349 cm³/mol. The van der Waals surface area contributed by atoms with Gasteiger partial charge in [0, 0.05) is 96.0 Å². The first-order valence-corrected chi connectivity index (χ1v) is 28.0. The van der Waals surface area contributed by atoms with Crippen LogP contribution in [0.4, 0.5) is 28.4 Å². The molecular formula is C73H54ClN6O11-. The van der Waals surface area contributed by atoms with Crippen molar-refractivity contribution in [3.8, 4) is 34.1 Å². The van der Waals surface area contributed by atoms with Gasteiger partial charge in [-0.1, -0.05) is 115 Å². The highest BCUT2D eigenvalue weighted by Gasteiger charge is 2.54. The highest BCUT2D eigenvalue weighted by Crippen LogP contribution is 2.58. The molecule has 0 amide bonds. The number of anilines is 5. The number of esters is 2. The highest BCUT2D eigenvalue weighted by atomic mass is 35.5. The van der Waals surface area contributed by atoms with Crippen LogP contribution in [0, 0.1) is 5.41 Å². The molecule has 13 aromatic rings. The maximum atomic E-state index is 12.8. The lowest BCUT2D eigenvalue weighted by Crippen LogP contribution is -3.00. The number of phenolic OH excluding ortho intramolecular Hbond substituents is 2. The fraction of sp³-hybridized carbons (Fsp3) is 0.0274. The number of aromatic carboxylic acids is 1. The number of carbonyl (C=O) groups is 4. The Kier molecular flexibility index (Phi) is 16.2. The third-order valence-electron chi connectivity index (χ3n) is 15.7. The van der Waals surface area contributed by atoms with Crippen molar-refractivity contribution in [3.63, 3.8) is 0 Å². The number of carboxylic acids is 1. The van der Waals surface area contributed by atoms with Crippen molar-refractivity contribution >= 4 is 106 Å². The molecule has 91 heavy (non-hydrogen) atoms. The number of hydrogen-bond acceptors (Lipinski definition) is 16. The lowest BCUT2D eigenvalue weighted by atomic mass is 9.77. The molecule has 12 aromatic carbocycles. The number of nitrogens with two attached hydrogens (primary N) is 5. The molecule has 2 aliphatic rings. The molecule has 1 aromatic heterocycles. The smallest absolute Gasteiger partial charge is 0.340 e. The summed E-state index contributed by atoms with van der Waals surface area (Å²) in [4.78, 5) is 48.6. The average Bonchev–Trinajstić information content (AvgIpc) is 1.70. The van der Waals surface area contributed by atoms with Crippen molar-refractivity contribution in [2.45, 2.75) is 5.60 Å². The second-order valence-corrected chi connectivity index (χ2v) is 21.2. The van der Waals surface area contributed by atoms with E-state index < -0.39 is 23.3 Å². The minimum absolute atomic E-state index is 0. The Bertz CT molecular complexity index is 5170. The monoisotopic (exact) mass is 1230 g/mol. The molecular weight excluding hydrogens is 1170 g/mol. The van der Waals surface area contributed by atoms with E-state index in [-0.39, 0.29) is 46.6 Å². The number of ketones is 1. The van der Waals surface area contributed by atoms with Gasteiger partial charge in [0.05, 0.1) is 40.1 Å². The zero-order chi connectivity index (χ0) is 63.1. The molecule has 0 radical (unpaired) electrons. The summed E-state index contributed by atoms with van der Waals surface area (Å²) in [6.45, 7) is 0. The van der Waals surface area contributed by atoms with Crippen LogP contribution in [-0.2, 0) is 15.1 Å². The van der Waals surface area contributed by atoms with E-state index in [0.29, 0.717) is 67.6 Å². The zero-order valence-corrected chi connectivity index (χ0v) is 49.0. The van der Waals surface area contributed by atoms with Gasteiger partial charge >= 0.3 is 17.9 Å². The van der Waals surface area contributed by atoms with Gasteiger partial charge in [0.25, 0.3) is 0 Å². The van der Waals surface area contributed by atoms with Crippen LogP contribution in [0.3, 0.4) is 0 Å². The lowest BCUT2D eigenvalue weighted by molar-refractivity contribution is -0.0000951. The minimum Gasteiger partial charge on any atom is -1.00 e. The number of benzene rings is 12. The van der Waals surface area contributed by atoms with E-state index in [1.165, 1.54) is 43.5 Å². The normalized spacial score (nSPS) is 13.1. The Morgan fingerprint density at radius 2 is 1.07 bits per heavy atom. The molecule has 2 aliphatic heterocycles. The summed E-state index contributed by atoms with van der Waals surface area (Å²) < 4.78 is 23.8. The topological polar surface area (TPSA) is 324 Å². The molecule has 1 atom stereocenters. The summed E-state index contributed by atoms with van der Waals surface area (Å²) in [6, 6.07) is 65.7. The number of fused-ring (bicyclic) bond motifs is 13. The molecule has 450 valence electrons. The molecule has 0 aliphatic carbocycles. The molecule has 18 heteroatoms. The quantitative estimate of drug-likeness (QED) is 0.0254. The van der Waals surface area contributed by atoms with Crippen molar-refractivity contribution in [1.29, 1.82) is 5.41 Å². The van der Waals surface area contributed by atoms with Gasteiger partial charge in [-0.05, 0) is 113 Å². The molecule has 0 bridgehead atoms. The summed E-state index contributed by atoms with van der Waals surface area (Å²) in [6.07, 6.45) is 0. The largest absolute Gasteiger partial charge is 1.00 e. The number of carbonyl (C=O) groups excluding carboxylic acids is 3. The van der Waals surface area contributed by atoms with Crippen LogP contribution in [0.15, 0.2) is 229 Å². The van der Waals surface area contributed by atoms with E-state index in [1.807, 2.05) is 127 Å². The van der Waals surface area contributed by atoms with Crippen LogP contribution in [0.2, 0.25) is 0 Å². The maximum absolute atomic E-state index is 12.8. The third kappa shape index (κ3) is 10.8. The van der Waals surface area contributed by atoms with E-state index in [0.717, 1.165) is 70.9 Å². The zero-order valence-electron chi connectivity index (χ0n) is 48.2. The number of hydrogen-bond donors (Lipinski definition) is 9. The standard InChI is InChI=1S/C25H18N2O3.C24H16N2O3.C14H11NO4.C10H9NO.ClH/c1-29-25(28)17-7-3-2-6-16(17)23-18-12-10-15(26)13-21(18)30-24-19(23)11-9-14-5-4-8-20(27)22(14)24;25-14-9-11-17-20(12-14)28-22-18(10-8-13-4-3-7-19(26)21(13)22)24(17)16-6-2-1-5-15(16)23(27)29-24;15-8-5-6-11(12(16)7-8)13(17)9-3-1-2-4-10(9)14(18)19;11-8-5-1-3-7-4-2-6-9(12)10(7)8;/h2-13,27H,26H2,1H3;1-12H,25-26H2;1-7,16H,15H2,(H,18,19);1-6,12H,11H2;1H/p-1. The van der Waals surface area contributed by atoms with Gasteiger partial charge < -0.3 is 80.4 Å². The predicted octanol–water partition coefficient (Wildman–Crippen LogP) is 10.9. The fourth-order valence-corrected chi connectivity index (χ4v) is 11.7. The summed E-state index contributed by atoms with van der Waals surface area (Å²) in [5, 5.41) is 43.8. The number of ether oxygens (including phenoxy) is 3. The van der Waals surface area contributed by atoms with Gasteiger partial charge in [0.1, 0.15) is 34.2 Å². The van der Waals surface area contributed by atoms with Crippen molar-refractivity contribution < 1.29 is 65.5 Å². The van der Waals surface area contributed by atoms with E-state index in [9.17, 15) is 29.4 Å². The molecule has 0 saturated carbocycles. The number of halogens is 1. The van der Waals surface area contributed by atoms with Gasteiger partial charge in [-0.25, -0.2) is 14.4 Å². The number of phenols is 2. The van der Waals surface area contributed by atoms with Gasteiger partial charge in [-0.15, -0.1) is 0 Å². The summed E-state index contributed by atoms with van der Waals surface area (Å²) in [5.74, 6) is -1.42. The Morgan fingerprint density at radius 1 is 0.505 bits per heavy atom. The molecule has 14 N–H and O–H groups in total. The van der Waals surface area contributed by atoms with Crippen LogP contribution in [0.5, 0.6) is 23.0 Å². The Morgan fingerprint density at radius 3 is 1.77 bits per heavy atom. The number of methoxy groups -OCH3 is 1. The van der Waals surface area contributed by atoms with Crippen molar-refractivity contribution in [2.24, 2.45) is 0 Å². The van der Waals surface area contributed by atoms with Gasteiger partial charge in [-0.3, -0.25) is 4.79 Å². The maximum Gasteiger partial charge on any atom is 0.340 e. The molecule has 0 saturated heterocycles. The second-order valence-electron chi connectivity index (χ2n) is 21.2. The number of carboxylic acid groups (broad SMARTS) is 1. The van der Waals surface area contributed by atoms with Crippen LogP contribution in [-0.4, -0.2) is 46.1 Å². The minimum atomic E-state index is -1.20. The van der Waals surface area contributed by atoms with Crippen LogP contribution >= 0.6 is 0 Å². The first-order valence-electron chi connectivity index (χ1n) is 28.0. The number of aromatic hydroxyl groups is 2. The molecule has 1 unspecified atom stereocenters. The first kappa shape index (κ1) is 60.4. The van der Waals surface area contributed by atoms with Crippen LogP contribution < -0.4 is 51.2 Å². The van der Waals surface area contributed by atoms with E-state index in [1.54, 1.807) is 60.7 Å². The Hall–Kier alpha value is -12.3. The van der Waals surface area contributed by atoms with E-state index >= 15 is 0 Å². The molecule has 3 heterocycles. The summed E-state index contributed by atoms with van der Waals surface area (Å²) >= 11 is 0. The number of nitrogen functional groups attached to an aromatic ring is 5. The van der Waals surface area contributed by atoms with Gasteiger partial charge in [-0.2, -0.15) is 0 Å². The average molecular weight is 1230 g/mol. The third-order valence-corrected chi connectivity index (χ3v) is 15.7. The van der Waals surface area contributed by atoms with Crippen molar-refractivity contribution in [3.05, 3.63) is 274 Å². The molecule has 1 spiro atoms. The number of nitrogens with one attached hydrogen (secondary N) is 1. The first-order chi connectivity index (χ1) is 43.5. The SMILES string of the molecule is COC(=O)c1ccccc1-c1c2ccc(N)cc2oc2c1ccc1cccc(=N)c12.Nc1ccc(C(=O)c2ccccc2C(=O)O)c(O)c1.Nc1ccc2c(c1)Oc1c(ccc3cccc(N)c13)C21OC(=O)c2ccccc21.Nc1cccc2cccc(O)c12.[Cl-]. The van der Waals surface area contributed by atoms with Crippen LogP contribution in [0.25, 0.3) is 65.4 Å². The Balaban J connectivity index is 0.000000130. The summed E-state index contributed by atoms with van der Waals surface area (Å²) in [7, 11) is 1.37. The highest BCUT2D eigenvalue weighted by molar-refractivity contribution is 6.18. The van der Waals surface area contributed by atoms with Gasteiger partial charge in [0.2, 0.25) is 0 Å². The molecule has 0 fully saturated rings. The van der Waals surface area contributed by atoms with Crippen LogP contribution in [0.1, 0.15) is 63.7 Å². The fourth-order valence-electron chi connectivity index (χ4n) is 11.7. The number of rotatable bonds is 5. The Labute approximate surface area is 524 Å². The van der Waals surface area contributed by atoms with Gasteiger partial charge in [0.15, 0.2) is 11.4 Å². The van der Waals surface area contributed by atoms with E-state index in [4.69, 9.17) is 57.8 Å². The second kappa shape index (κ2) is 24.4. The van der Waals surface area contributed by atoms with E-state index in [2.05, 4.69) is 0 Å². The van der Waals surface area contributed by atoms with Crippen molar-refractivity contribution in [2.75, 3.05) is 35.8 Å². The molecule has 17 nitrogen and oxygen atoms in total. The summed E-state index contributed by atoms with van der Waals surface area (Å²) in [5.41, 5.74) is 37.1. The lowest BCUT2D eigenvalue weighted by Gasteiger charge is -2.37. The molecule has 15 rings (SSSR count).